The van der Waals surface area contributed by atoms with Crippen molar-refractivity contribution in [1.82, 2.24) is 9.78 Å². The molecule has 0 saturated heterocycles. The molecule has 1 N–H and O–H groups in total. The van der Waals surface area contributed by atoms with E-state index in [0.29, 0.717) is 6.42 Å². The zero-order valence-corrected chi connectivity index (χ0v) is 7.62. The third-order valence-electron chi connectivity index (χ3n) is 1.83. The Balaban J connectivity index is 2.69. The fraction of sp³-hybridized carbons (Fsp3) is 0.625. The van der Waals surface area contributed by atoms with Crippen LogP contribution in [-0.4, -0.2) is 21.0 Å². The molecule has 0 radical (unpaired) electrons. The fourth-order valence-corrected chi connectivity index (χ4v) is 0.955. The van der Waals surface area contributed by atoms with Gasteiger partial charge in [-0.15, -0.1) is 0 Å². The molecule has 1 rings (SSSR count). The zero-order valence-electron chi connectivity index (χ0n) is 7.62. The first-order valence-corrected chi connectivity index (χ1v) is 4.21. The lowest BCUT2D eigenvalue weighted by Crippen LogP contribution is -2.15. The summed E-state index contributed by atoms with van der Waals surface area (Å²) in [5.41, 5.74) is -0.791. The number of rotatable bonds is 3. The van der Waals surface area contributed by atoms with Crippen LogP contribution < -0.4 is 0 Å². The first-order valence-electron chi connectivity index (χ1n) is 4.21. The van der Waals surface area contributed by atoms with Crippen molar-refractivity contribution in [3.05, 3.63) is 18.0 Å². The summed E-state index contributed by atoms with van der Waals surface area (Å²) < 4.78 is 37.4. The second kappa shape index (κ2) is 4.00. The highest BCUT2D eigenvalue weighted by molar-refractivity contribution is 5.08. The van der Waals surface area contributed by atoms with Gasteiger partial charge in [-0.2, -0.15) is 18.3 Å². The summed E-state index contributed by atoms with van der Waals surface area (Å²) >= 11 is 0. The van der Waals surface area contributed by atoms with Gasteiger partial charge in [0.15, 0.2) is 0 Å². The Morgan fingerprint density at radius 3 is 2.64 bits per heavy atom. The summed E-state index contributed by atoms with van der Waals surface area (Å²) in [5, 5.41) is 12.7. The zero-order chi connectivity index (χ0) is 10.8. The lowest BCUT2D eigenvalue weighted by molar-refractivity contribution is -0.137. The normalized spacial score (nSPS) is 14.4. The molecule has 0 spiro atoms. The summed E-state index contributed by atoms with van der Waals surface area (Å²) in [6.45, 7) is 1.84. The van der Waals surface area contributed by atoms with Crippen LogP contribution in [0.25, 0.3) is 0 Å². The molecule has 0 bridgehead atoms. The van der Waals surface area contributed by atoms with Crippen LogP contribution in [0.2, 0.25) is 0 Å². The Bertz CT molecular complexity index is 295. The number of aliphatic hydroxyl groups is 1. The number of nitrogens with zero attached hydrogens (tertiary/aromatic N) is 2. The van der Waals surface area contributed by atoms with E-state index in [1.54, 1.807) is 6.92 Å². The van der Waals surface area contributed by atoms with Crippen LogP contribution in [0.1, 0.15) is 18.9 Å². The first-order chi connectivity index (χ1) is 6.43. The van der Waals surface area contributed by atoms with Gasteiger partial charge < -0.3 is 5.11 Å². The van der Waals surface area contributed by atoms with Crippen LogP contribution in [-0.2, 0) is 12.7 Å². The van der Waals surface area contributed by atoms with E-state index >= 15 is 0 Å². The molecule has 0 saturated carbocycles. The molecule has 0 aliphatic rings. The molecular weight excluding hydrogens is 197 g/mol. The Morgan fingerprint density at radius 2 is 2.21 bits per heavy atom. The molecule has 0 aliphatic carbocycles. The summed E-state index contributed by atoms with van der Waals surface area (Å²) in [5.74, 6) is 0. The van der Waals surface area contributed by atoms with Crippen molar-refractivity contribution >= 4 is 0 Å². The highest BCUT2D eigenvalue weighted by Crippen LogP contribution is 2.28. The maximum absolute atomic E-state index is 12.1. The summed E-state index contributed by atoms with van der Waals surface area (Å²) in [6, 6.07) is 0. The van der Waals surface area contributed by atoms with Gasteiger partial charge in [0.2, 0.25) is 0 Å². The fourth-order valence-electron chi connectivity index (χ4n) is 0.955. The molecular formula is C8H11F3N2O. The van der Waals surface area contributed by atoms with Gasteiger partial charge in [0, 0.05) is 6.20 Å². The number of hydrogen-bond donors (Lipinski definition) is 1. The van der Waals surface area contributed by atoms with Crippen molar-refractivity contribution in [2.75, 3.05) is 0 Å². The Morgan fingerprint density at radius 1 is 1.57 bits per heavy atom. The molecule has 1 aromatic rings. The quantitative estimate of drug-likeness (QED) is 0.820. The van der Waals surface area contributed by atoms with Gasteiger partial charge >= 0.3 is 6.18 Å². The number of halogens is 3. The molecule has 3 nitrogen and oxygen atoms in total. The van der Waals surface area contributed by atoms with Gasteiger partial charge in [0.05, 0.1) is 24.4 Å². The molecule has 80 valence electrons. The summed E-state index contributed by atoms with van der Waals surface area (Å²) in [4.78, 5) is 0. The van der Waals surface area contributed by atoms with E-state index in [1.807, 2.05) is 0 Å². The Kier molecular flexibility index (Phi) is 3.15. The van der Waals surface area contributed by atoms with Gasteiger partial charge in [-0.3, -0.25) is 4.68 Å². The van der Waals surface area contributed by atoms with Crippen molar-refractivity contribution in [2.24, 2.45) is 0 Å². The van der Waals surface area contributed by atoms with Crippen LogP contribution in [0.4, 0.5) is 13.2 Å². The first kappa shape index (κ1) is 11.0. The molecule has 14 heavy (non-hydrogen) atoms. The third kappa shape index (κ3) is 2.73. The average molecular weight is 208 g/mol. The van der Waals surface area contributed by atoms with Crippen LogP contribution in [0.15, 0.2) is 12.4 Å². The van der Waals surface area contributed by atoms with Crippen LogP contribution in [0.5, 0.6) is 0 Å². The van der Waals surface area contributed by atoms with Gasteiger partial charge in [-0.1, -0.05) is 6.92 Å². The average Bonchev–Trinajstić information content (AvgIpc) is 2.51. The van der Waals surface area contributed by atoms with Crippen molar-refractivity contribution in [2.45, 2.75) is 32.2 Å². The predicted molar refractivity (Wildman–Crippen MR) is 43.5 cm³/mol. The summed E-state index contributed by atoms with van der Waals surface area (Å²) in [7, 11) is 0. The molecule has 1 atom stereocenters. The molecule has 1 aromatic heterocycles. The molecule has 1 unspecified atom stereocenters. The predicted octanol–water partition coefficient (Wildman–Crippen LogP) is 1.67. The van der Waals surface area contributed by atoms with E-state index in [2.05, 4.69) is 5.10 Å². The number of alkyl halides is 3. The topological polar surface area (TPSA) is 38.0 Å². The molecule has 0 amide bonds. The van der Waals surface area contributed by atoms with E-state index in [-0.39, 0.29) is 6.54 Å². The van der Waals surface area contributed by atoms with Gasteiger partial charge in [0.25, 0.3) is 0 Å². The van der Waals surface area contributed by atoms with Crippen molar-refractivity contribution in [3.8, 4) is 0 Å². The van der Waals surface area contributed by atoms with Gasteiger partial charge in [-0.05, 0) is 6.42 Å². The second-order valence-electron chi connectivity index (χ2n) is 3.01. The molecule has 1 heterocycles. The minimum Gasteiger partial charge on any atom is -0.391 e. The van der Waals surface area contributed by atoms with E-state index in [0.717, 1.165) is 17.1 Å². The monoisotopic (exact) mass is 208 g/mol. The Hall–Kier alpha value is -1.04. The standard InChI is InChI=1S/C8H11F3N2O/c1-2-7(14)5-13-4-6(3-12-13)8(9,10)11/h3-4,7,14H,2,5H2,1H3. The minimum atomic E-state index is -4.37. The largest absolute Gasteiger partial charge is 0.419 e. The SMILES string of the molecule is CCC(O)Cn1cc(C(F)(F)F)cn1. The highest BCUT2D eigenvalue weighted by atomic mass is 19.4. The maximum Gasteiger partial charge on any atom is 0.419 e. The molecule has 0 aliphatic heterocycles. The minimum absolute atomic E-state index is 0.0899. The maximum atomic E-state index is 12.1. The van der Waals surface area contributed by atoms with Crippen molar-refractivity contribution in [3.63, 3.8) is 0 Å². The van der Waals surface area contributed by atoms with E-state index in [1.165, 1.54) is 0 Å². The van der Waals surface area contributed by atoms with Crippen LogP contribution in [0.3, 0.4) is 0 Å². The second-order valence-corrected chi connectivity index (χ2v) is 3.01. The van der Waals surface area contributed by atoms with Crippen molar-refractivity contribution < 1.29 is 18.3 Å². The van der Waals surface area contributed by atoms with Crippen LogP contribution in [0, 0.1) is 0 Å². The third-order valence-corrected chi connectivity index (χ3v) is 1.83. The number of aliphatic hydroxyl groups excluding tert-OH is 1. The Labute approximate surface area is 79.2 Å². The molecule has 6 heteroatoms. The highest BCUT2D eigenvalue weighted by Gasteiger charge is 2.32. The lowest BCUT2D eigenvalue weighted by atomic mass is 10.3. The smallest absolute Gasteiger partial charge is 0.391 e. The van der Waals surface area contributed by atoms with Gasteiger partial charge in [0.1, 0.15) is 0 Å². The van der Waals surface area contributed by atoms with Gasteiger partial charge in [-0.25, -0.2) is 0 Å². The molecule has 0 fully saturated rings. The summed E-state index contributed by atoms with van der Waals surface area (Å²) in [6.07, 6.45) is -2.89. The number of hydrogen-bond acceptors (Lipinski definition) is 2. The van der Waals surface area contributed by atoms with Crippen LogP contribution >= 0.6 is 0 Å². The molecule has 0 aromatic carbocycles. The lowest BCUT2D eigenvalue weighted by Gasteiger charge is -2.06. The van der Waals surface area contributed by atoms with E-state index in [9.17, 15) is 18.3 Å². The van der Waals surface area contributed by atoms with E-state index < -0.39 is 17.8 Å². The number of aromatic nitrogens is 2. The van der Waals surface area contributed by atoms with E-state index in [4.69, 9.17) is 0 Å². The van der Waals surface area contributed by atoms with Crippen molar-refractivity contribution in [1.29, 1.82) is 0 Å².